The van der Waals surface area contributed by atoms with E-state index in [0.29, 0.717) is 13.0 Å². The minimum Gasteiger partial charge on any atom is -0.481 e. The van der Waals surface area contributed by atoms with E-state index in [9.17, 15) is 14.4 Å². The van der Waals surface area contributed by atoms with E-state index in [2.05, 4.69) is 5.32 Å². The molecule has 0 unspecified atom stereocenters. The summed E-state index contributed by atoms with van der Waals surface area (Å²) in [5.74, 6) is -2.03. The molecular weight excluding hydrogens is 358 g/mol. The molecule has 0 aliphatic carbocycles. The smallest absolute Gasteiger partial charge is 0.309 e. The van der Waals surface area contributed by atoms with E-state index in [1.54, 1.807) is 6.92 Å². The fourth-order valence-corrected chi connectivity index (χ4v) is 2.58. The van der Waals surface area contributed by atoms with Gasteiger partial charge in [-0.2, -0.15) is 0 Å². The van der Waals surface area contributed by atoms with Crippen LogP contribution in [0.2, 0.25) is 0 Å². The first-order valence-corrected chi connectivity index (χ1v) is 9.25. The molecule has 6 nitrogen and oxygen atoms in total. The van der Waals surface area contributed by atoms with Crippen molar-refractivity contribution < 1.29 is 24.2 Å². The summed E-state index contributed by atoms with van der Waals surface area (Å²) in [7, 11) is 0. The third-order valence-electron chi connectivity index (χ3n) is 4.31. The van der Waals surface area contributed by atoms with Gasteiger partial charge in [0.05, 0.1) is 12.3 Å². The maximum Gasteiger partial charge on any atom is 0.309 e. The van der Waals surface area contributed by atoms with E-state index in [0.717, 1.165) is 16.7 Å². The number of carboxylic acids is 1. The molecule has 2 N–H and O–H groups in total. The van der Waals surface area contributed by atoms with Crippen molar-refractivity contribution in [3.63, 3.8) is 0 Å². The summed E-state index contributed by atoms with van der Waals surface area (Å²) in [5, 5.41) is 11.1. The molecular formula is C22H25NO5. The van der Waals surface area contributed by atoms with Gasteiger partial charge in [0, 0.05) is 13.0 Å². The number of carbonyl (C=O) groups is 3. The Morgan fingerprint density at radius 2 is 1.61 bits per heavy atom. The monoisotopic (exact) mass is 383 g/mol. The summed E-state index contributed by atoms with van der Waals surface area (Å²) in [4.78, 5) is 33.9. The lowest BCUT2D eigenvalue weighted by atomic mass is 10.0. The third-order valence-corrected chi connectivity index (χ3v) is 4.31. The summed E-state index contributed by atoms with van der Waals surface area (Å²) in [5.41, 5.74) is 3.13. The molecule has 1 atom stereocenters. The lowest BCUT2D eigenvalue weighted by molar-refractivity contribution is -0.149. The Morgan fingerprint density at radius 1 is 0.964 bits per heavy atom. The second kappa shape index (κ2) is 10.9. The van der Waals surface area contributed by atoms with E-state index in [-0.39, 0.29) is 37.2 Å². The number of rotatable bonds is 10. The fraction of sp³-hybridized carbons (Fsp3) is 0.318. The zero-order valence-corrected chi connectivity index (χ0v) is 15.9. The molecule has 1 amide bonds. The normalized spacial score (nSPS) is 11.5. The highest BCUT2D eigenvalue weighted by atomic mass is 16.5. The Bertz CT molecular complexity index is 786. The molecule has 0 bridgehead atoms. The van der Waals surface area contributed by atoms with Crippen molar-refractivity contribution in [1.82, 2.24) is 5.32 Å². The Balaban J connectivity index is 1.71. The first-order valence-electron chi connectivity index (χ1n) is 9.25. The van der Waals surface area contributed by atoms with Gasteiger partial charge in [-0.3, -0.25) is 14.4 Å². The number of aliphatic carboxylic acids is 1. The van der Waals surface area contributed by atoms with Crippen molar-refractivity contribution in [1.29, 1.82) is 0 Å². The SMILES string of the molecule is C[C@H](CCNC(=O)CCC(=O)O)C(=O)OCc1ccc(-c2ccccc2)cc1. The van der Waals surface area contributed by atoms with Gasteiger partial charge in [0.2, 0.25) is 5.91 Å². The van der Waals surface area contributed by atoms with Gasteiger partial charge in [-0.15, -0.1) is 0 Å². The molecule has 2 rings (SSSR count). The summed E-state index contributed by atoms with van der Waals surface area (Å²) in [6, 6.07) is 17.9. The van der Waals surface area contributed by atoms with Crippen LogP contribution in [0.1, 0.15) is 31.7 Å². The van der Waals surface area contributed by atoms with Gasteiger partial charge in [-0.1, -0.05) is 61.5 Å². The van der Waals surface area contributed by atoms with Crippen molar-refractivity contribution >= 4 is 17.8 Å². The minimum atomic E-state index is -1.01. The standard InChI is InChI=1S/C22H25NO5/c1-16(13-14-23-20(24)11-12-21(25)26)22(27)28-15-17-7-9-19(10-8-17)18-5-3-2-4-6-18/h2-10,16H,11-15H2,1H3,(H,23,24)(H,25,26)/t16-/m1/s1. The van der Waals surface area contributed by atoms with Crippen LogP contribution in [-0.4, -0.2) is 29.5 Å². The molecule has 2 aromatic carbocycles. The predicted molar refractivity (Wildman–Crippen MR) is 105 cm³/mol. The molecule has 6 heteroatoms. The Morgan fingerprint density at radius 3 is 2.25 bits per heavy atom. The predicted octanol–water partition coefficient (Wildman–Crippen LogP) is 3.40. The molecule has 0 spiro atoms. The molecule has 0 aromatic heterocycles. The van der Waals surface area contributed by atoms with Gasteiger partial charge < -0.3 is 15.2 Å². The van der Waals surface area contributed by atoms with Gasteiger partial charge in [0.25, 0.3) is 0 Å². The van der Waals surface area contributed by atoms with Crippen molar-refractivity contribution in [2.24, 2.45) is 5.92 Å². The number of nitrogens with one attached hydrogen (secondary N) is 1. The van der Waals surface area contributed by atoms with Gasteiger partial charge in [0.15, 0.2) is 0 Å². The first kappa shape index (κ1) is 21.2. The number of benzene rings is 2. The van der Waals surface area contributed by atoms with Crippen LogP contribution in [0.15, 0.2) is 54.6 Å². The van der Waals surface area contributed by atoms with E-state index >= 15 is 0 Å². The largest absolute Gasteiger partial charge is 0.481 e. The van der Waals surface area contributed by atoms with Crippen LogP contribution in [0.3, 0.4) is 0 Å². The van der Waals surface area contributed by atoms with Crippen LogP contribution in [0.5, 0.6) is 0 Å². The van der Waals surface area contributed by atoms with Crippen LogP contribution in [-0.2, 0) is 25.7 Å². The number of ether oxygens (including phenoxy) is 1. The molecule has 2 aromatic rings. The molecule has 0 fully saturated rings. The minimum absolute atomic E-state index is 0.0624. The zero-order chi connectivity index (χ0) is 20.4. The van der Waals surface area contributed by atoms with Crippen molar-refractivity contribution in [2.75, 3.05) is 6.54 Å². The number of amides is 1. The van der Waals surface area contributed by atoms with Crippen LogP contribution < -0.4 is 5.32 Å². The fourth-order valence-electron chi connectivity index (χ4n) is 2.58. The Labute approximate surface area is 164 Å². The average molecular weight is 383 g/mol. The topological polar surface area (TPSA) is 92.7 Å². The maximum absolute atomic E-state index is 12.1. The molecule has 0 heterocycles. The molecule has 0 aliphatic rings. The van der Waals surface area contributed by atoms with Crippen molar-refractivity contribution in [3.8, 4) is 11.1 Å². The molecule has 28 heavy (non-hydrogen) atoms. The van der Waals surface area contributed by atoms with Crippen LogP contribution in [0, 0.1) is 5.92 Å². The van der Waals surface area contributed by atoms with E-state index in [1.807, 2.05) is 54.6 Å². The summed E-state index contributed by atoms with van der Waals surface area (Å²) < 4.78 is 5.34. The lowest BCUT2D eigenvalue weighted by Crippen LogP contribution is -2.27. The first-order chi connectivity index (χ1) is 13.5. The molecule has 0 saturated heterocycles. The van der Waals surface area contributed by atoms with Crippen LogP contribution in [0.25, 0.3) is 11.1 Å². The third kappa shape index (κ3) is 7.23. The van der Waals surface area contributed by atoms with Crippen molar-refractivity contribution in [2.45, 2.75) is 32.8 Å². The number of hydrogen-bond donors (Lipinski definition) is 2. The number of carbonyl (C=O) groups excluding carboxylic acids is 2. The molecule has 148 valence electrons. The van der Waals surface area contributed by atoms with E-state index < -0.39 is 5.97 Å². The van der Waals surface area contributed by atoms with Gasteiger partial charge in [-0.25, -0.2) is 0 Å². The van der Waals surface area contributed by atoms with E-state index in [4.69, 9.17) is 9.84 Å². The maximum atomic E-state index is 12.1. The van der Waals surface area contributed by atoms with E-state index in [1.165, 1.54) is 0 Å². The highest BCUT2D eigenvalue weighted by molar-refractivity contribution is 5.80. The molecule has 0 saturated carbocycles. The number of hydrogen-bond acceptors (Lipinski definition) is 4. The van der Waals surface area contributed by atoms with Crippen LogP contribution >= 0.6 is 0 Å². The highest BCUT2D eigenvalue weighted by Gasteiger charge is 2.15. The summed E-state index contributed by atoms with van der Waals surface area (Å²) >= 11 is 0. The number of carboxylic acid groups (broad SMARTS) is 1. The van der Waals surface area contributed by atoms with Gasteiger partial charge in [0.1, 0.15) is 6.61 Å². The Kier molecular flexibility index (Phi) is 8.21. The summed E-state index contributed by atoms with van der Waals surface area (Å²) in [6.45, 7) is 2.24. The molecule has 0 aliphatic heterocycles. The quantitative estimate of drug-likeness (QED) is 0.614. The zero-order valence-electron chi connectivity index (χ0n) is 15.9. The second-order valence-electron chi connectivity index (χ2n) is 6.60. The molecule has 0 radical (unpaired) electrons. The average Bonchev–Trinajstić information content (AvgIpc) is 2.71. The van der Waals surface area contributed by atoms with Crippen LogP contribution in [0.4, 0.5) is 0 Å². The number of esters is 1. The van der Waals surface area contributed by atoms with Gasteiger partial charge in [-0.05, 0) is 23.1 Å². The lowest BCUT2D eigenvalue weighted by Gasteiger charge is -2.12. The summed E-state index contributed by atoms with van der Waals surface area (Å²) in [6.07, 6.45) is 0.171. The Hall–Kier alpha value is -3.15. The van der Waals surface area contributed by atoms with Gasteiger partial charge >= 0.3 is 11.9 Å². The highest BCUT2D eigenvalue weighted by Crippen LogP contribution is 2.19. The van der Waals surface area contributed by atoms with Crippen molar-refractivity contribution in [3.05, 3.63) is 60.2 Å². The second-order valence-corrected chi connectivity index (χ2v) is 6.60.